The highest BCUT2D eigenvalue weighted by molar-refractivity contribution is 5.06. The van der Waals surface area contributed by atoms with Crippen LogP contribution in [0.5, 0.6) is 0 Å². The molecule has 3 rings (SSSR count). The molecule has 1 heteroatoms. The monoisotopic (exact) mass is 124 g/mol. The fraction of sp³-hybridized carbons (Fsp3) is 0.750. The molecule has 3 atom stereocenters. The Bertz CT molecular complexity index is 140. The average Bonchev–Trinajstić information content (AvgIpc) is 1.90. The van der Waals surface area contributed by atoms with Crippen LogP contribution in [0, 0.1) is 11.8 Å². The van der Waals surface area contributed by atoms with Gasteiger partial charge in [-0.25, -0.2) is 0 Å². The van der Waals surface area contributed by atoms with Crippen LogP contribution in [0.15, 0.2) is 12.2 Å². The van der Waals surface area contributed by atoms with E-state index in [-0.39, 0.29) is 6.10 Å². The van der Waals surface area contributed by atoms with E-state index < -0.39 is 0 Å². The van der Waals surface area contributed by atoms with E-state index in [2.05, 4.69) is 12.2 Å². The summed E-state index contributed by atoms with van der Waals surface area (Å²) in [6.07, 6.45) is 7.96. The van der Waals surface area contributed by atoms with Gasteiger partial charge in [0.15, 0.2) is 0 Å². The summed E-state index contributed by atoms with van der Waals surface area (Å²) < 4.78 is 0. The zero-order chi connectivity index (χ0) is 6.27. The summed E-state index contributed by atoms with van der Waals surface area (Å²) in [5.74, 6) is 1.19. The molecule has 3 aliphatic carbocycles. The number of aliphatic hydroxyl groups is 1. The second-order valence-electron chi connectivity index (χ2n) is 3.19. The maximum Gasteiger partial charge on any atom is 0.0608 e. The van der Waals surface area contributed by atoms with Crippen molar-refractivity contribution in [2.24, 2.45) is 11.8 Å². The maximum atomic E-state index is 9.35. The number of rotatable bonds is 0. The summed E-state index contributed by atoms with van der Waals surface area (Å²) in [5.41, 5.74) is 0. The van der Waals surface area contributed by atoms with Gasteiger partial charge >= 0.3 is 0 Å². The molecule has 1 unspecified atom stereocenters. The molecule has 0 aromatic carbocycles. The lowest BCUT2D eigenvalue weighted by Gasteiger charge is -2.34. The molecule has 9 heavy (non-hydrogen) atoms. The van der Waals surface area contributed by atoms with E-state index in [4.69, 9.17) is 0 Å². The molecular formula is C8H12O. The van der Waals surface area contributed by atoms with Crippen molar-refractivity contribution in [3.05, 3.63) is 12.2 Å². The van der Waals surface area contributed by atoms with Crippen molar-refractivity contribution < 1.29 is 5.11 Å². The van der Waals surface area contributed by atoms with Crippen molar-refractivity contribution in [2.75, 3.05) is 0 Å². The first-order chi connectivity index (χ1) is 4.36. The van der Waals surface area contributed by atoms with Crippen LogP contribution in [0.25, 0.3) is 0 Å². The lowest BCUT2D eigenvalue weighted by Crippen LogP contribution is -2.31. The standard InChI is InChI=1S/C8H12O/c9-8-5-6-1-3-7(8)4-2-6/h1,3,6-9H,2,4-5H2/t6-,7+,8?/m1/s1. The fourth-order valence-corrected chi connectivity index (χ4v) is 1.90. The Morgan fingerprint density at radius 1 is 1.22 bits per heavy atom. The van der Waals surface area contributed by atoms with E-state index in [9.17, 15) is 5.11 Å². The van der Waals surface area contributed by atoms with Crippen molar-refractivity contribution in [3.63, 3.8) is 0 Å². The minimum absolute atomic E-state index is 0.0197. The first-order valence-corrected chi connectivity index (χ1v) is 3.72. The predicted octanol–water partition coefficient (Wildman–Crippen LogP) is 1.33. The summed E-state index contributed by atoms with van der Waals surface area (Å²) in [6.45, 7) is 0. The van der Waals surface area contributed by atoms with Crippen LogP contribution in [-0.2, 0) is 0 Å². The number of fused-ring (bicyclic) bond motifs is 2. The summed E-state index contributed by atoms with van der Waals surface area (Å²) in [5, 5.41) is 9.35. The minimum Gasteiger partial charge on any atom is -0.392 e. The van der Waals surface area contributed by atoms with Crippen molar-refractivity contribution >= 4 is 0 Å². The van der Waals surface area contributed by atoms with Gasteiger partial charge in [0.25, 0.3) is 0 Å². The van der Waals surface area contributed by atoms with Crippen molar-refractivity contribution in [1.29, 1.82) is 0 Å². The Labute approximate surface area is 55.4 Å². The van der Waals surface area contributed by atoms with Crippen molar-refractivity contribution in [1.82, 2.24) is 0 Å². The molecule has 2 bridgehead atoms. The zero-order valence-electron chi connectivity index (χ0n) is 5.46. The van der Waals surface area contributed by atoms with Gasteiger partial charge in [-0.3, -0.25) is 0 Å². The summed E-state index contributed by atoms with van der Waals surface area (Å²) in [6, 6.07) is 0. The molecule has 3 aliphatic rings. The van der Waals surface area contributed by atoms with E-state index in [1.807, 2.05) is 0 Å². The van der Waals surface area contributed by atoms with Gasteiger partial charge in [-0.15, -0.1) is 0 Å². The van der Waals surface area contributed by atoms with Crippen molar-refractivity contribution in [3.8, 4) is 0 Å². The Kier molecular flexibility index (Phi) is 1.12. The minimum atomic E-state index is -0.0197. The molecule has 0 spiro atoms. The Hall–Kier alpha value is -0.300. The van der Waals surface area contributed by atoms with E-state index in [0.29, 0.717) is 11.8 Å². The third-order valence-electron chi connectivity index (χ3n) is 2.54. The summed E-state index contributed by atoms with van der Waals surface area (Å²) in [4.78, 5) is 0. The molecule has 1 saturated carbocycles. The summed E-state index contributed by atoms with van der Waals surface area (Å²) >= 11 is 0. The van der Waals surface area contributed by atoms with Gasteiger partial charge in [0, 0.05) is 5.92 Å². The topological polar surface area (TPSA) is 20.2 Å². The normalized spacial score (nSPS) is 47.9. The summed E-state index contributed by atoms with van der Waals surface area (Å²) in [7, 11) is 0. The lowest BCUT2D eigenvalue weighted by molar-refractivity contribution is 0.0667. The van der Waals surface area contributed by atoms with Crippen LogP contribution in [0.3, 0.4) is 0 Å². The molecule has 1 N–H and O–H groups in total. The van der Waals surface area contributed by atoms with E-state index >= 15 is 0 Å². The molecule has 0 amide bonds. The molecule has 1 nitrogen and oxygen atoms in total. The first-order valence-electron chi connectivity index (χ1n) is 3.72. The molecule has 0 radical (unpaired) electrons. The Balaban J connectivity index is 2.20. The SMILES string of the molecule is OC1C[C@@H]2C=C[C@H]1CC2. The van der Waals surface area contributed by atoms with Crippen LogP contribution in [0.1, 0.15) is 19.3 Å². The van der Waals surface area contributed by atoms with Crippen LogP contribution in [0.2, 0.25) is 0 Å². The van der Waals surface area contributed by atoms with Crippen LogP contribution in [0.4, 0.5) is 0 Å². The highest BCUT2D eigenvalue weighted by Gasteiger charge is 2.29. The van der Waals surface area contributed by atoms with Gasteiger partial charge in [0.2, 0.25) is 0 Å². The second-order valence-corrected chi connectivity index (χ2v) is 3.19. The third-order valence-corrected chi connectivity index (χ3v) is 2.54. The number of aliphatic hydroxyl groups excluding tert-OH is 1. The second kappa shape index (κ2) is 1.84. The quantitative estimate of drug-likeness (QED) is 0.483. The molecule has 0 heterocycles. The van der Waals surface area contributed by atoms with Gasteiger partial charge < -0.3 is 5.11 Å². The van der Waals surface area contributed by atoms with E-state index in [1.54, 1.807) is 0 Å². The Morgan fingerprint density at radius 2 is 2.11 bits per heavy atom. The number of hydrogen-bond donors (Lipinski definition) is 1. The van der Waals surface area contributed by atoms with E-state index in [0.717, 1.165) is 6.42 Å². The van der Waals surface area contributed by atoms with Gasteiger partial charge in [-0.05, 0) is 25.2 Å². The van der Waals surface area contributed by atoms with Gasteiger partial charge in [0.05, 0.1) is 6.10 Å². The molecule has 0 aliphatic heterocycles. The number of hydrogen-bond acceptors (Lipinski definition) is 1. The molecule has 1 fully saturated rings. The molecular weight excluding hydrogens is 112 g/mol. The lowest BCUT2D eigenvalue weighted by atomic mass is 9.74. The fourth-order valence-electron chi connectivity index (χ4n) is 1.90. The molecule has 50 valence electrons. The third kappa shape index (κ3) is 0.799. The largest absolute Gasteiger partial charge is 0.392 e. The van der Waals surface area contributed by atoms with Crippen LogP contribution in [-0.4, -0.2) is 11.2 Å². The molecule has 0 aromatic rings. The maximum absolute atomic E-state index is 9.35. The highest BCUT2D eigenvalue weighted by atomic mass is 16.3. The van der Waals surface area contributed by atoms with E-state index in [1.165, 1.54) is 12.8 Å². The molecule has 0 aromatic heterocycles. The predicted molar refractivity (Wildman–Crippen MR) is 36.0 cm³/mol. The highest BCUT2D eigenvalue weighted by Crippen LogP contribution is 2.35. The van der Waals surface area contributed by atoms with Crippen LogP contribution < -0.4 is 0 Å². The van der Waals surface area contributed by atoms with Gasteiger partial charge in [0.1, 0.15) is 0 Å². The first kappa shape index (κ1) is 5.48. The van der Waals surface area contributed by atoms with Gasteiger partial charge in [-0.1, -0.05) is 12.2 Å². The average molecular weight is 124 g/mol. The van der Waals surface area contributed by atoms with Crippen molar-refractivity contribution in [2.45, 2.75) is 25.4 Å². The molecule has 0 saturated heterocycles. The van der Waals surface area contributed by atoms with Gasteiger partial charge in [-0.2, -0.15) is 0 Å². The zero-order valence-corrected chi connectivity index (χ0v) is 5.46. The van der Waals surface area contributed by atoms with Crippen LogP contribution >= 0.6 is 0 Å². The Morgan fingerprint density at radius 3 is 2.33 bits per heavy atom. The number of allylic oxidation sites excluding steroid dienone is 1. The smallest absolute Gasteiger partial charge is 0.0608 e.